The minimum absolute atomic E-state index is 0. The van der Waals surface area contributed by atoms with Crippen LogP contribution in [0.5, 0.6) is 0 Å². The van der Waals surface area contributed by atoms with Crippen LogP contribution in [0, 0.1) is 5.82 Å². The summed E-state index contributed by atoms with van der Waals surface area (Å²) in [6, 6.07) is 3.04. The van der Waals surface area contributed by atoms with E-state index in [1.807, 2.05) is 6.92 Å². The van der Waals surface area contributed by atoms with Gasteiger partial charge in [0.05, 0.1) is 15.8 Å². The van der Waals surface area contributed by atoms with Crippen LogP contribution in [-0.4, -0.2) is 41.7 Å². The Kier molecular flexibility index (Phi) is 9.88. The van der Waals surface area contributed by atoms with Crippen LogP contribution in [0.15, 0.2) is 23.1 Å². The van der Waals surface area contributed by atoms with Gasteiger partial charge in [0, 0.05) is 13.1 Å². The molecule has 0 amide bonds. The number of hydrogen-bond donors (Lipinski definition) is 3. The van der Waals surface area contributed by atoms with Crippen molar-refractivity contribution in [2.75, 3.05) is 24.4 Å². The molecule has 11 heteroatoms. The summed E-state index contributed by atoms with van der Waals surface area (Å²) in [6.07, 6.45) is 0.936. The third kappa shape index (κ3) is 7.45. The molecular formula is C14H25ClFN3O4S2. The number of rotatable bonds is 10. The van der Waals surface area contributed by atoms with Crippen LogP contribution < -0.4 is 14.8 Å². The molecule has 25 heavy (non-hydrogen) atoms. The van der Waals surface area contributed by atoms with E-state index in [9.17, 15) is 21.2 Å². The lowest BCUT2D eigenvalue weighted by Gasteiger charge is -2.13. The molecule has 0 aliphatic rings. The maximum absolute atomic E-state index is 14.0. The topological polar surface area (TPSA) is 104 Å². The first-order valence-electron chi connectivity index (χ1n) is 7.61. The predicted octanol–water partition coefficient (Wildman–Crippen LogP) is 1.68. The van der Waals surface area contributed by atoms with Gasteiger partial charge in [-0.1, -0.05) is 6.92 Å². The van der Waals surface area contributed by atoms with E-state index in [4.69, 9.17) is 0 Å². The minimum Gasteiger partial charge on any atom is -0.315 e. The molecule has 0 saturated carbocycles. The molecule has 3 N–H and O–H groups in total. The Bertz CT molecular complexity index is 755. The first-order chi connectivity index (χ1) is 11.1. The zero-order valence-electron chi connectivity index (χ0n) is 14.4. The van der Waals surface area contributed by atoms with Gasteiger partial charge in [-0.15, -0.1) is 12.4 Å². The van der Waals surface area contributed by atoms with Gasteiger partial charge in [0.25, 0.3) is 0 Å². The van der Waals surface area contributed by atoms with Gasteiger partial charge in [0.2, 0.25) is 20.0 Å². The molecule has 0 atom stereocenters. The highest BCUT2D eigenvalue weighted by atomic mass is 35.5. The quantitative estimate of drug-likeness (QED) is 0.502. The van der Waals surface area contributed by atoms with E-state index in [1.54, 1.807) is 0 Å². The van der Waals surface area contributed by atoms with E-state index < -0.39 is 31.1 Å². The van der Waals surface area contributed by atoms with Crippen molar-refractivity contribution in [3.63, 3.8) is 0 Å². The van der Waals surface area contributed by atoms with E-state index in [0.29, 0.717) is 6.54 Å². The summed E-state index contributed by atoms with van der Waals surface area (Å²) in [4.78, 5) is -0.261. The van der Waals surface area contributed by atoms with Crippen LogP contribution in [0.2, 0.25) is 0 Å². The van der Waals surface area contributed by atoms with Gasteiger partial charge in [0.1, 0.15) is 5.82 Å². The second-order valence-electron chi connectivity index (χ2n) is 5.49. The fourth-order valence-corrected chi connectivity index (χ4v) is 3.43. The molecule has 0 fully saturated rings. The Hall–Kier alpha value is -0.940. The van der Waals surface area contributed by atoms with Crippen molar-refractivity contribution in [3.05, 3.63) is 24.0 Å². The molecule has 146 valence electrons. The highest BCUT2D eigenvalue weighted by Crippen LogP contribution is 2.20. The highest BCUT2D eigenvalue weighted by molar-refractivity contribution is 7.93. The monoisotopic (exact) mass is 417 g/mol. The number of benzene rings is 1. The molecule has 0 spiro atoms. The fourth-order valence-electron chi connectivity index (χ4n) is 1.68. The van der Waals surface area contributed by atoms with Crippen LogP contribution in [0.4, 0.5) is 10.1 Å². The zero-order valence-corrected chi connectivity index (χ0v) is 16.8. The van der Waals surface area contributed by atoms with E-state index in [1.165, 1.54) is 13.8 Å². The van der Waals surface area contributed by atoms with Crippen molar-refractivity contribution < 1.29 is 21.2 Å². The summed E-state index contributed by atoms with van der Waals surface area (Å²) in [5, 5.41) is 2.30. The molecule has 1 aromatic carbocycles. The SMILES string of the molecule is CCCNCCNS(=O)(=O)c1ccc(NS(=O)(=O)C(C)C)c(F)c1.Cl. The molecule has 0 aliphatic carbocycles. The number of hydrogen-bond acceptors (Lipinski definition) is 5. The first-order valence-corrected chi connectivity index (χ1v) is 10.6. The average Bonchev–Trinajstić information content (AvgIpc) is 2.48. The molecule has 0 unspecified atom stereocenters. The van der Waals surface area contributed by atoms with Crippen LogP contribution in [0.25, 0.3) is 0 Å². The second kappa shape index (κ2) is 10.3. The van der Waals surface area contributed by atoms with Crippen LogP contribution in [0.3, 0.4) is 0 Å². The smallest absolute Gasteiger partial charge is 0.240 e. The Morgan fingerprint density at radius 1 is 1.08 bits per heavy atom. The lowest BCUT2D eigenvalue weighted by Crippen LogP contribution is -2.32. The van der Waals surface area contributed by atoms with E-state index in [-0.39, 0.29) is 29.5 Å². The standard InChI is InChI=1S/C14H24FN3O4S2.ClH/c1-4-7-16-8-9-17-24(21,22)12-5-6-14(13(15)10-12)18-23(19,20)11(2)3;/h5-6,10-11,16-18H,4,7-9H2,1-3H3;1H. The Labute approximate surface area is 155 Å². The third-order valence-corrected chi connectivity index (χ3v) is 6.35. The van der Waals surface area contributed by atoms with Gasteiger partial charge in [-0.2, -0.15) is 0 Å². The Morgan fingerprint density at radius 3 is 2.24 bits per heavy atom. The Morgan fingerprint density at radius 2 is 1.72 bits per heavy atom. The normalized spacial score (nSPS) is 12.0. The highest BCUT2D eigenvalue weighted by Gasteiger charge is 2.20. The number of sulfonamides is 2. The predicted molar refractivity (Wildman–Crippen MR) is 99.7 cm³/mol. The molecule has 1 rings (SSSR count). The van der Waals surface area contributed by atoms with Crippen LogP contribution in [0.1, 0.15) is 27.2 Å². The van der Waals surface area contributed by atoms with Gasteiger partial charge in [0.15, 0.2) is 0 Å². The molecule has 7 nitrogen and oxygen atoms in total. The summed E-state index contributed by atoms with van der Waals surface area (Å²) in [7, 11) is -7.56. The van der Waals surface area contributed by atoms with Gasteiger partial charge in [-0.3, -0.25) is 4.72 Å². The fraction of sp³-hybridized carbons (Fsp3) is 0.571. The van der Waals surface area contributed by atoms with Gasteiger partial charge >= 0.3 is 0 Å². The van der Waals surface area contributed by atoms with Crippen molar-refractivity contribution in [2.24, 2.45) is 0 Å². The molecule has 1 aromatic rings. The molecule has 0 aromatic heterocycles. The van der Waals surface area contributed by atoms with E-state index >= 15 is 0 Å². The summed E-state index contributed by atoms with van der Waals surface area (Å²) >= 11 is 0. The lowest BCUT2D eigenvalue weighted by molar-refractivity contribution is 0.572. The lowest BCUT2D eigenvalue weighted by atomic mass is 10.3. The van der Waals surface area contributed by atoms with Crippen molar-refractivity contribution in [1.29, 1.82) is 0 Å². The maximum Gasteiger partial charge on any atom is 0.240 e. The van der Waals surface area contributed by atoms with Crippen molar-refractivity contribution in [2.45, 2.75) is 37.3 Å². The zero-order chi connectivity index (χ0) is 18.4. The Balaban J connectivity index is 0.00000576. The molecule has 0 radical (unpaired) electrons. The van der Waals surface area contributed by atoms with Crippen LogP contribution in [-0.2, 0) is 20.0 Å². The van der Waals surface area contributed by atoms with E-state index in [0.717, 1.165) is 31.2 Å². The molecule has 0 aliphatic heterocycles. The van der Waals surface area contributed by atoms with Gasteiger partial charge < -0.3 is 5.32 Å². The first kappa shape index (κ1) is 24.1. The third-order valence-electron chi connectivity index (χ3n) is 3.14. The number of halogens is 2. The number of anilines is 1. The molecule has 0 heterocycles. The van der Waals surface area contributed by atoms with Crippen molar-refractivity contribution in [3.8, 4) is 0 Å². The van der Waals surface area contributed by atoms with Crippen LogP contribution >= 0.6 is 12.4 Å². The van der Waals surface area contributed by atoms with Gasteiger partial charge in [-0.05, 0) is 45.0 Å². The average molecular weight is 418 g/mol. The maximum atomic E-state index is 14.0. The van der Waals surface area contributed by atoms with Gasteiger partial charge in [-0.25, -0.2) is 25.9 Å². The summed E-state index contributed by atoms with van der Waals surface area (Å²) in [5.41, 5.74) is -0.285. The summed E-state index contributed by atoms with van der Waals surface area (Å²) in [6.45, 7) is 6.31. The van der Waals surface area contributed by atoms with Crippen molar-refractivity contribution >= 4 is 38.1 Å². The summed E-state index contributed by atoms with van der Waals surface area (Å²) in [5.74, 6) is -0.953. The number of nitrogens with one attached hydrogen (secondary N) is 3. The molecule has 0 bridgehead atoms. The van der Waals surface area contributed by atoms with E-state index in [2.05, 4.69) is 14.8 Å². The molecular weight excluding hydrogens is 393 g/mol. The van der Waals surface area contributed by atoms with Crippen molar-refractivity contribution in [1.82, 2.24) is 10.0 Å². The second-order valence-corrected chi connectivity index (χ2v) is 9.49. The largest absolute Gasteiger partial charge is 0.315 e. The summed E-state index contributed by atoms with van der Waals surface area (Å²) < 4.78 is 66.1. The molecule has 0 saturated heterocycles. The minimum atomic E-state index is -3.85.